The highest BCUT2D eigenvalue weighted by atomic mass is 16.6. The van der Waals surface area contributed by atoms with Crippen LogP contribution in [0.15, 0.2) is 66.9 Å². The monoisotopic (exact) mass is 438 g/mol. The lowest BCUT2D eigenvalue weighted by atomic mass is 10.0. The molecular weight excluding hydrogens is 416 g/mol. The van der Waals surface area contributed by atoms with Gasteiger partial charge < -0.3 is 4.74 Å². The molecular formula is C26H22N4O3. The van der Waals surface area contributed by atoms with Gasteiger partial charge in [0.2, 0.25) is 0 Å². The Bertz CT molecular complexity index is 1540. The predicted octanol–water partition coefficient (Wildman–Crippen LogP) is 6.16. The van der Waals surface area contributed by atoms with E-state index in [9.17, 15) is 10.1 Å². The molecule has 33 heavy (non-hydrogen) atoms. The molecule has 0 bridgehead atoms. The van der Waals surface area contributed by atoms with Gasteiger partial charge in [0.15, 0.2) is 0 Å². The Kier molecular flexibility index (Phi) is 5.01. The molecule has 0 aliphatic heterocycles. The summed E-state index contributed by atoms with van der Waals surface area (Å²) in [6.07, 6.45) is 1.82. The van der Waals surface area contributed by atoms with Gasteiger partial charge in [-0.25, -0.2) is 4.68 Å². The summed E-state index contributed by atoms with van der Waals surface area (Å²) in [6, 6.07) is 18.5. The zero-order valence-electron chi connectivity index (χ0n) is 18.6. The maximum absolute atomic E-state index is 11.4. The molecule has 2 aromatic heterocycles. The molecule has 0 unspecified atom stereocenters. The zero-order valence-corrected chi connectivity index (χ0v) is 18.6. The van der Waals surface area contributed by atoms with E-state index in [-0.39, 0.29) is 5.69 Å². The molecule has 0 N–H and O–H groups in total. The summed E-state index contributed by atoms with van der Waals surface area (Å²) in [7, 11) is 0. The molecule has 0 spiro atoms. The van der Waals surface area contributed by atoms with Crippen molar-refractivity contribution in [1.82, 2.24) is 14.8 Å². The minimum atomic E-state index is -0.397. The molecule has 0 aliphatic carbocycles. The van der Waals surface area contributed by atoms with Crippen molar-refractivity contribution < 1.29 is 9.66 Å². The maximum atomic E-state index is 11.4. The summed E-state index contributed by atoms with van der Waals surface area (Å²) in [6.45, 7) is 6.63. The zero-order chi connectivity index (χ0) is 23.1. The van der Waals surface area contributed by atoms with Crippen LogP contribution in [-0.2, 0) is 0 Å². The van der Waals surface area contributed by atoms with Crippen molar-refractivity contribution in [3.63, 3.8) is 0 Å². The molecule has 7 heteroatoms. The number of pyridine rings is 1. The fraction of sp³-hybridized carbons (Fsp3) is 0.154. The second-order valence-electron chi connectivity index (χ2n) is 7.97. The van der Waals surface area contributed by atoms with E-state index in [0.29, 0.717) is 12.3 Å². The van der Waals surface area contributed by atoms with Gasteiger partial charge in [-0.2, -0.15) is 5.10 Å². The molecule has 0 radical (unpaired) electrons. The minimum absolute atomic E-state index is 0.0113. The molecule has 0 fully saturated rings. The Morgan fingerprint density at radius 2 is 1.85 bits per heavy atom. The second-order valence-corrected chi connectivity index (χ2v) is 7.97. The summed E-state index contributed by atoms with van der Waals surface area (Å²) in [4.78, 5) is 15.7. The van der Waals surface area contributed by atoms with E-state index in [1.54, 1.807) is 10.7 Å². The number of nitro benzene ring substituents is 1. The fourth-order valence-electron chi connectivity index (χ4n) is 4.05. The Morgan fingerprint density at radius 1 is 1.00 bits per heavy atom. The van der Waals surface area contributed by atoms with Crippen molar-refractivity contribution in [2.24, 2.45) is 0 Å². The van der Waals surface area contributed by atoms with Crippen molar-refractivity contribution in [2.75, 3.05) is 6.61 Å². The average Bonchev–Trinajstić information content (AvgIpc) is 3.21. The number of non-ortho nitro benzene ring substituents is 1. The van der Waals surface area contributed by atoms with Crippen LogP contribution in [-0.4, -0.2) is 26.3 Å². The van der Waals surface area contributed by atoms with Crippen molar-refractivity contribution in [1.29, 1.82) is 0 Å². The molecule has 0 amide bonds. The molecule has 5 aromatic rings. The molecule has 3 aromatic carbocycles. The lowest BCUT2D eigenvalue weighted by Crippen LogP contribution is -1.99. The van der Waals surface area contributed by atoms with Gasteiger partial charge in [-0.1, -0.05) is 18.2 Å². The van der Waals surface area contributed by atoms with Gasteiger partial charge in [-0.15, -0.1) is 0 Å². The summed E-state index contributed by atoms with van der Waals surface area (Å²) in [5.41, 5.74) is 6.35. The van der Waals surface area contributed by atoms with Gasteiger partial charge in [0.25, 0.3) is 5.69 Å². The van der Waals surface area contributed by atoms with Gasteiger partial charge in [0, 0.05) is 34.7 Å². The first-order chi connectivity index (χ1) is 16.0. The van der Waals surface area contributed by atoms with Crippen LogP contribution in [0, 0.1) is 24.0 Å². The Hall–Kier alpha value is -4.26. The first-order valence-electron chi connectivity index (χ1n) is 10.7. The van der Waals surface area contributed by atoms with E-state index < -0.39 is 4.92 Å². The number of aromatic nitrogens is 3. The smallest absolute Gasteiger partial charge is 0.271 e. The average molecular weight is 438 g/mol. The molecule has 7 nitrogen and oxygen atoms in total. The highest BCUT2D eigenvalue weighted by Crippen LogP contribution is 2.36. The van der Waals surface area contributed by atoms with Crippen LogP contribution in [0.1, 0.15) is 18.1 Å². The minimum Gasteiger partial charge on any atom is -0.494 e. The summed E-state index contributed by atoms with van der Waals surface area (Å²) in [5, 5.41) is 18.1. The van der Waals surface area contributed by atoms with Crippen LogP contribution in [0.3, 0.4) is 0 Å². The van der Waals surface area contributed by atoms with Gasteiger partial charge in [-0.05, 0) is 62.2 Å². The summed E-state index contributed by atoms with van der Waals surface area (Å²) >= 11 is 0. The van der Waals surface area contributed by atoms with E-state index in [0.717, 1.165) is 44.4 Å². The van der Waals surface area contributed by atoms with Crippen molar-refractivity contribution in [2.45, 2.75) is 20.8 Å². The van der Waals surface area contributed by atoms with Crippen molar-refractivity contribution >= 4 is 27.5 Å². The standard InChI is InChI=1S/C26H22N4O3/c1-4-33-21-10-11-24-22(14-21)26-23(15-27-24)25(18-9-8-16(2)17(3)12-18)28-29(26)19-6-5-7-20(13-19)30(31)32/h5-15H,4H2,1-3H3. The van der Waals surface area contributed by atoms with E-state index in [4.69, 9.17) is 9.84 Å². The number of benzene rings is 3. The third-order valence-electron chi connectivity index (χ3n) is 5.85. The third-order valence-corrected chi connectivity index (χ3v) is 5.85. The second kappa shape index (κ2) is 8.02. The number of hydrogen-bond acceptors (Lipinski definition) is 5. The van der Waals surface area contributed by atoms with Gasteiger partial charge in [0.05, 0.1) is 28.3 Å². The molecule has 0 aliphatic rings. The topological polar surface area (TPSA) is 83.1 Å². The number of hydrogen-bond donors (Lipinski definition) is 0. The molecule has 164 valence electrons. The molecule has 2 heterocycles. The van der Waals surface area contributed by atoms with Crippen LogP contribution in [0.5, 0.6) is 5.75 Å². The number of nitrogens with zero attached hydrogens (tertiary/aromatic N) is 4. The third kappa shape index (κ3) is 3.57. The Morgan fingerprint density at radius 3 is 2.61 bits per heavy atom. The van der Waals surface area contributed by atoms with Crippen LogP contribution in [0.2, 0.25) is 0 Å². The Balaban J connectivity index is 1.87. The molecule has 0 atom stereocenters. The van der Waals surface area contributed by atoms with Gasteiger partial charge >= 0.3 is 0 Å². The largest absolute Gasteiger partial charge is 0.494 e. The number of fused-ring (bicyclic) bond motifs is 3. The number of nitro groups is 1. The van der Waals surface area contributed by atoms with E-state index in [1.807, 2.05) is 43.5 Å². The highest BCUT2D eigenvalue weighted by molar-refractivity contribution is 6.09. The van der Waals surface area contributed by atoms with Crippen LogP contribution in [0.25, 0.3) is 38.8 Å². The van der Waals surface area contributed by atoms with Crippen LogP contribution < -0.4 is 4.74 Å². The predicted molar refractivity (Wildman–Crippen MR) is 129 cm³/mol. The molecule has 5 rings (SSSR count). The van der Waals surface area contributed by atoms with Gasteiger partial charge in [-0.3, -0.25) is 15.1 Å². The van der Waals surface area contributed by atoms with Crippen molar-refractivity contribution in [3.05, 3.63) is 88.1 Å². The highest BCUT2D eigenvalue weighted by Gasteiger charge is 2.19. The van der Waals surface area contributed by atoms with E-state index in [1.165, 1.54) is 17.7 Å². The number of rotatable bonds is 5. The van der Waals surface area contributed by atoms with Crippen molar-refractivity contribution in [3.8, 4) is 22.7 Å². The van der Waals surface area contributed by atoms with E-state index >= 15 is 0 Å². The lowest BCUT2D eigenvalue weighted by Gasteiger charge is -2.08. The van der Waals surface area contributed by atoms with Crippen LogP contribution in [0.4, 0.5) is 5.69 Å². The lowest BCUT2D eigenvalue weighted by molar-refractivity contribution is -0.384. The molecule has 0 saturated heterocycles. The normalized spacial score (nSPS) is 11.2. The fourth-order valence-corrected chi connectivity index (χ4v) is 4.05. The molecule has 0 saturated carbocycles. The summed E-state index contributed by atoms with van der Waals surface area (Å²) < 4.78 is 7.50. The number of aryl methyl sites for hydroxylation is 2. The first-order valence-corrected chi connectivity index (χ1v) is 10.7. The number of ether oxygens (including phenoxy) is 1. The maximum Gasteiger partial charge on any atom is 0.271 e. The summed E-state index contributed by atoms with van der Waals surface area (Å²) in [5.74, 6) is 0.735. The Labute approximate surface area is 190 Å². The quantitative estimate of drug-likeness (QED) is 0.242. The first kappa shape index (κ1) is 20.6. The van der Waals surface area contributed by atoms with E-state index in [2.05, 4.69) is 31.0 Å². The van der Waals surface area contributed by atoms with Gasteiger partial charge in [0.1, 0.15) is 11.4 Å². The SMILES string of the molecule is CCOc1ccc2ncc3c(-c4ccc(C)c(C)c4)nn(-c4cccc([N+](=O)[O-])c4)c3c2c1. The van der Waals surface area contributed by atoms with Crippen LogP contribution >= 0.6 is 0 Å².